The number of fused-ring (bicyclic) bond motifs is 2. The van der Waals surface area contributed by atoms with Crippen LogP contribution in [0.3, 0.4) is 0 Å². The van der Waals surface area contributed by atoms with Crippen molar-refractivity contribution in [2.45, 2.75) is 37.5 Å². The normalized spacial score (nSPS) is 14.2. The van der Waals surface area contributed by atoms with Crippen LogP contribution < -0.4 is 0 Å². The Kier molecular flexibility index (Phi) is 7.74. The highest BCUT2D eigenvalue weighted by atomic mass is 15.0. The molecule has 3 heteroatoms. The zero-order valence-corrected chi connectivity index (χ0v) is 28.0. The first-order valence-corrected chi connectivity index (χ1v) is 17.7. The van der Waals surface area contributed by atoms with Crippen molar-refractivity contribution >= 4 is 21.5 Å². The lowest BCUT2D eigenvalue weighted by Crippen LogP contribution is -2.30. The van der Waals surface area contributed by atoms with Gasteiger partial charge in [-0.05, 0) is 56.6 Å². The number of benzene rings is 7. The Labute approximate surface area is 293 Å². The van der Waals surface area contributed by atoms with Crippen molar-refractivity contribution in [2.75, 3.05) is 0 Å². The number of rotatable bonds is 6. The third-order valence-corrected chi connectivity index (χ3v) is 10.6. The summed E-state index contributed by atoms with van der Waals surface area (Å²) in [7, 11) is 0. The SMILES string of the molecule is c1ccc(-c2nc(-c3ccc(C4(c5ccc(-c6cccc7ccccc67)cc5)CCCCC4)cc3)nc(-c3cccc4ccccc34)n2)cc1. The van der Waals surface area contributed by atoms with Gasteiger partial charge in [-0.3, -0.25) is 0 Å². The van der Waals surface area contributed by atoms with Crippen LogP contribution in [0.25, 0.3) is 66.8 Å². The molecule has 0 bridgehead atoms. The van der Waals surface area contributed by atoms with Crippen LogP contribution in [0.4, 0.5) is 0 Å². The summed E-state index contributed by atoms with van der Waals surface area (Å²) in [6.45, 7) is 0. The first kappa shape index (κ1) is 30.2. The predicted molar refractivity (Wildman–Crippen MR) is 207 cm³/mol. The maximum absolute atomic E-state index is 5.11. The van der Waals surface area contributed by atoms with Crippen molar-refractivity contribution in [3.8, 4) is 45.3 Å². The van der Waals surface area contributed by atoms with E-state index in [2.05, 4.69) is 146 Å². The molecule has 0 spiro atoms. The van der Waals surface area contributed by atoms with E-state index in [9.17, 15) is 0 Å². The van der Waals surface area contributed by atoms with Gasteiger partial charge in [-0.2, -0.15) is 0 Å². The van der Waals surface area contributed by atoms with Gasteiger partial charge in [0.1, 0.15) is 0 Å². The third-order valence-electron chi connectivity index (χ3n) is 10.6. The Morgan fingerprint density at radius 2 is 0.800 bits per heavy atom. The highest BCUT2D eigenvalue weighted by Crippen LogP contribution is 2.46. The summed E-state index contributed by atoms with van der Waals surface area (Å²) in [5.41, 5.74) is 8.27. The van der Waals surface area contributed by atoms with Crippen molar-refractivity contribution in [1.29, 1.82) is 0 Å². The summed E-state index contributed by atoms with van der Waals surface area (Å²) in [6.07, 6.45) is 6.05. The highest BCUT2D eigenvalue weighted by Gasteiger charge is 2.35. The van der Waals surface area contributed by atoms with Gasteiger partial charge < -0.3 is 0 Å². The average molecular weight is 644 g/mol. The molecule has 0 N–H and O–H groups in total. The molecule has 1 aromatic heterocycles. The van der Waals surface area contributed by atoms with Crippen LogP contribution in [-0.2, 0) is 5.41 Å². The maximum atomic E-state index is 5.11. The zero-order chi connectivity index (χ0) is 33.3. The van der Waals surface area contributed by atoms with Crippen LogP contribution in [0.15, 0.2) is 164 Å². The number of hydrogen-bond donors (Lipinski definition) is 0. The van der Waals surface area contributed by atoms with Crippen LogP contribution >= 0.6 is 0 Å². The molecule has 7 aromatic carbocycles. The largest absolute Gasteiger partial charge is 0.208 e. The van der Waals surface area contributed by atoms with Crippen molar-refractivity contribution in [3.05, 3.63) is 175 Å². The quantitative estimate of drug-likeness (QED) is 0.181. The van der Waals surface area contributed by atoms with Crippen molar-refractivity contribution in [3.63, 3.8) is 0 Å². The first-order valence-electron chi connectivity index (χ1n) is 17.7. The molecule has 240 valence electrons. The van der Waals surface area contributed by atoms with Gasteiger partial charge in [0, 0.05) is 22.1 Å². The summed E-state index contributed by atoms with van der Waals surface area (Å²) < 4.78 is 0. The molecule has 1 saturated carbocycles. The van der Waals surface area contributed by atoms with Crippen LogP contribution in [-0.4, -0.2) is 15.0 Å². The van der Waals surface area contributed by atoms with Crippen molar-refractivity contribution < 1.29 is 0 Å². The molecule has 1 fully saturated rings. The topological polar surface area (TPSA) is 38.7 Å². The molecule has 1 heterocycles. The molecule has 9 rings (SSSR count). The van der Waals surface area contributed by atoms with E-state index >= 15 is 0 Å². The van der Waals surface area contributed by atoms with E-state index < -0.39 is 0 Å². The van der Waals surface area contributed by atoms with Gasteiger partial charge >= 0.3 is 0 Å². The minimum absolute atomic E-state index is 0.0174. The molecule has 50 heavy (non-hydrogen) atoms. The van der Waals surface area contributed by atoms with E-state index in [0.717, 1.165) is 34.9 Å². The molecule has 0 atom stereocenters. The van der Waals surface area contributed by atoms with Crippen LogP contribution in [0.1, 0.15) is 43.2 Å². The predicted octanol–water partition coefficient (Wildman–Crippen LogP) is 12.1. The number of aromatic nitrogens is 3. The van der Waals surface area contributed by atoms with Crippen LogP contribution in [0, 0.1) is 0 Å². The van der Waals surface area contributed by atoms with E-state index in [1.165, 1.54) is 57.7 Å². The summed E-state index contributed by atoms with van der Waals surface area (Å²) in [6, 6.07) is 58.7. The summed E-state index contributed by atoms with van der Waals surface area (Å²) in [5, 5.41) is 4.87. The number of hydrogen-bond acceptors (Lipinski definition) is 3. The monoisotopic (exact) mass is 643 g/mol. The molecular formula is C47H37N3. The Morgan fingerprint density at radius 3 is 1.42 bits per heavy atom. The van der Waals surface area contributed by atoms with E-state index in [-0.39, 0.29) is 5.41 Å². The second-order valence-electron chi connectivity index (χ2n) is 13.5. The van der Waals surface area contributed by atoms with Gasteiger partial charge in [0.05, 0.1) is 0 Å². The van der Waals surface area contributed by atoms with Gasteiger partial charge in [0.25, 0.3) is 0 Å². The molecule has 0 aliphatic heterocycles. The minimum Gasteiger partial charge on any atom is -0.208 e. The molecule has 8 aromatic rings. The standard InChI is InChI=1S/C47H37N3/c1-3-15-36(16-4-1)44-48-45(50-46(49-44)43-22-12-18-34-14-6-8-20-42(34)43)37-25-29-39(30-26-37)47(31-9-2-10-32-47)38-27-23-35(24-28-38)41-21-11-17-33-13-5-7-19-40(33)41/h1,3-8,11-30H,2,9-10,31-32H2. The van der Waals surface area contributed by atoms with E-state index in [4.69, 9.17) is 15.0 Å². The molecule has 1 aliphatic carbocycles. The molecule has 0 unspecified atom stereocenters. The summed E-state index contributed by atoms with van der Waals surface area (Å²) in [4.78, 5) is 15.2. The molecule has 0 amide bonds. The molecule has 0 radical (unpaired) electrons. The van der Waals surface area contributed by atoms with Crippen LogP contribution in [0.5, 0.6) is 0 Å². The average Bonchev–Trinajstić information content (AvgIpc) is 3.21. The Morgan fingerprint density at radius 1 is 0.340 bits per heavy atom. The smallest absolute Gasteiger partial charge is 0.164 e. The molecule has 1 aliphatic rings. The summed E-state index contributed by atoms with van der Waals surface area (Å²) in [5.74, 6) is 2.05. The van der Waals surface area contributed by atoms with Gasteiger partial charge in [0.2, 0.25) is 0 Å². The maximum Gasteiger partial charge on any atom is 0.164 e. The lowest BCUT2D eigenvalue weighted by molar-refractivity contribution is 0.346. The fraction of sp³-hybridized carbons (Fsp3) is 0.128. The van der Waals surface area contributed by atoms with Crippen molar-refractivity contribution in [1.82, 2.24) is 15.0 Å². The Bertz CT molecular complexity index is 2430. The van der Waals surface area contributed by atoms with E-state index in [0.29, 0.717) is 17.5 Å². The number of nitrogens with zero attached hydrogens (tertiary/aromatic N) is 3. The highest BCUT2D eigenvalue weighted by molar-refractivity contribution is 5.97. The van der Waals surface area contributed by atoms with Gasteiger partial charge in [0.15, 0.2) is 17.5 Å². The Hall–Kier alpha value is -5.93. The van der Waals surface area contributed by atoms with Crippen molar-refractivity contribution in [2.24, 2.45) is 0 Å². The molecular weight excluding hydrogens is 607 g/mol. The van der Waals surface area contributed by atoms with Gasteiger partial charge in [-0.1, -0.05) is 183 Å². The fourth-order valence-electron chi connectivity index (χ4n) is 8.05. The summed E-state index contributed by atoms with van der Waals surface area (Å²) >= 11 is 0. The molecule has 0 saturated heterocycles. The Balaban J connectivity index is 1.11. The fourth-order valence-corrected chi connectivity index (χ4v) is 8.05. The minimum atomic E-state index is -0.0174. The van der Waals surface area contributed by atoms with Gasteiger partial charge in [-0.15, -0.1) is 0 Å². The molecule has 3 nitrogen and oxygen atoms in total. The lowest BCUT2D eigenvalue weighted by Gasteiger charge is -2.39. The van der Waals surface area contributed by atoms with Crippen LogP contribution in [0.2, 0.25) is 0 Å². The lowest BCUT2D eigenvalue weighted by atomic mass is 9.65. The first-order chi connectivity index (χ1) is 24.7. The second kappa shape index (κ2) is 12.8. The zero-order valence-electron chi connectivity index (χ0n) is 28.0. The van der Waals surface area contributed by atoms with E-state index in [1.807, 2.05) is 18.2 Å². The third kappa shape index (κ3) is 5.45. The van der Waals surface area contributed by atoms with E-state index in [1.54, 1.807) is 0 Å². The van der Waals surface area contributed by atoms with Gasteiger partial charge in [-0.25, -0.2) is 15.0 Å². The second-order valence-corrected chi connectivity index (χ2v) is 13.5.